The van der Waals surface area contributed by atoms with Crippen LogP contribution < -0.4 is 4.90 Å². The summed E-state index contributed by atoms with van der Waals surface area (Å²) in [5.41, 5.74) is 12.2. The number of hydrogen-bond donors (Lipinski definition) is 0. The van der Waals surface area contributed by atoms with E-state index in [0.29, 0.717) is 0 Å². The summed E-state index contributed by atoms with van der Waals surface area (Å²) in [6, 6.07) is 77.1. The van der Waals surface area contributed by atoms with Crippen molar-refractivity contribution in [1.29, 1.82) is 0 Å². The quantitative estimate of drug-likeness (QED) is 0.157. The first kappa shape index (κ1) is 33.7. The van der Waals surface area contributed by atoms with Crippen molar-refractivity contribution in [2.24, 2.45) is 0 Å². The van der Waals surface area contributed by atoms with Gasteiger partial charge in [0.05, 0.1) is 16.1 Å². The molecule has 0 saturated heterocycles. The first-order valence-electron chi connectivity index (χ1n) is 20.1. The Labute approximate surface area is 345 Å². The Morgan fingerprint density at radius 3 is 1.86 bits per heavy atom. The van der Waals surface area contributed by atoms with Crippen LogP contribution in [0.1, 0.15) is 0 Å². The first-order valence-corrected chi connectivity index (χ1v) is 20.9. The monoisotopic (exact) mass is 769 g/mol. The molecule has 0 unspecified atom stereocenters. The minimum Gasteiger partial charge on any atom is -0.456 e. The number of furan rings is 1. The van der Waals surface area contributed by atoms with Crippen LogP contribution in [0.4, 0.5) is 17.1 Å². The van der Waals surface area contributed by atoms with Gasteiger partial charge >= 0.3 is 0 Å². The molecule has 3 heteroatoms. The van der Waals surface area contributed by atoms with E-state index in [1.165, 1.54) is 58.4 Å². The lowest BCUT2D eigenvalue weighted by molar-refractivity contribution is 0.669. The van der Waals surface area contributed by atoms with E-state index < -0.39 is 0 Å². The first-order chi connectivity index (χ1) is 29.3. The molecule has 0 aliphatic carbocycles. The predicted molar refractivity (Wildman–Crippen MR) is 253 cm³/mol. The molecule has 2 aromatic heterocycles. The number of benzene rings is 10. The maximum absolute atomic E-state index is 6.30. The zero-order valence-electron chi connectivity index (χ0n) is 32.0. The molecular formula is C56H35NOS. The second-order valence-corrected chi connectivity index (χ2v) is 16.3. The minimum atomic E-state index is 0.899. The molecule has 0 spiro atoms. The molecule has 12 aromatic rings. The second-order valence-electron chi connectivity index (χ2n) is 15.2. The number of hydrogen-bond acceptors (Lipinski definition) is 3. The van der Waals surface area contributed by atoms with E-state index in [2.05, 4.69) is 205 Å². The second kappa shape index (κ2) is 13.6. The highest BCUT2D eigenvalue weighted by atomic mass is 32.1. The summed E-state index contributed by atoms with van der Waals surface area (Å²) < 4.78 is 8.84. The Kier molecular flexibility index (Phi) is 7.75. The maximum atomic E-state index is 6.30. The van der Waals surface area contributed by atoms with Gasteiger partial charge in [0.15, 0.2) is 0 Å². The highest BCUT2D eigenvalue weighted by molar-refractivity contribution is 7.26. The molecule has 0 fully saturated rings. The van der Waals surface area contributed by atoms with Crippen LogP contribution in [0.3, 0.4) is 0 Å². The van der Waals surface area contributed by atoms with Crippen molar-refractivity contribution in [1.82, 2.24) is 0 Å². The lowest BCUT2D eigenvalue weighted by atomic mass is 9.91. The zero-order chi connectivity index (χ0) is 38.9. The molecule has 0 radical (unpaired) electrons. The lowest BCUT2D eigenvalue weighted by Gasteiger charge is -2.29. The van der Waals surface area contributed by atoms with Gasteiger partial charge < -0.3 is 9.32 Å². The van der Waals surface area contributed by atoms with Crippen molar-refractivity contribution >= 4 is 92.1 Å². The van der Waals surface area contributed by atoms with Crippen molar-refractivity contribution in [3.05, 3.63) is 212 Å². The molecule has 2 heterocycles. The summed E-state index contributed by atoms with van der Waals surface area (Å²) in [5, 5.41) is 9.83. The number of fused-ring (bicyclic) bond motifs is 9. The molecule has 12 rings (SSSR count). The number of para-hydroxylation sites is 1. The van der Waals surface area contributed by atoms with E-state index in [1.54, 1.807) is 0 Å². The molecule has 0 atom stereocenters. The van der Waals surface area contributed by atoms with Crippen LogP contribution in [0.2, 0.25) is 0 Å². The third-order valence-corrected chi connectivity index (χ3v) is 13.1. The zero-order valence-corrected chi connectivity index (χ0v) is 32.8. The van der Waals surface area contributed by atoms with Crippen molar-refractivity contribution < 1.29 is 4.42 Å². The molecule has 59 heavy (non-hydrogen) atoms. The van der Waals surface area contributed by atoms with Crippen molar-refractivity contribution in [3.8, 4) is 33.4 Å². The molecule has 0 aliphatic heterocycles. The Morgan fingerprint density at radius 1 is 0.356 bits per heavy atom. The van der Waals surface area contributed by atoms with Gasteiger partial charge in [-0.1, -0.05) is 164 Å². The van der Waals surface area contributed by atoms with Gasteiger partial charge in [0.2, 0.25) is 0 Å². The summed E-state index contributed by atoms with van der Waals surface area (Å²) in [6.07, 6.45) is 0. The number of rotatable bonds is 6. The standard InChI is InChI=1S/C56H35NOS/c1-2-14-36(15-3-1)42-33-30-39(49-34-38-16-4-5-17-41(38)44-18-6-7-19-45(44)49)35-51(42)57(50-24-12-23-47-46-20-9-11-27-54(46)59-56(47)50)40-31-28-37(29-32-40)43-22-13-26-53-55(43)48-21-8-10-25-52(48)58-53/h1-35H. The number of nitrogens with zero attached hydrogens (tertiary/aromatic N) is 1. The Hall–Kier alpha value is -7.46. The summed E-state index contributed by atoms with van der Waals surface area (Å²) in [4.78, 5) is 2.49. The highest BCUT2D eigenvalue weighted by Crippen LogP contribution is 2.49. The lowest BCUT2D eigenvalue weighted by Crippen LogP contribution is -2.11. The maximum Gasteiger partial charge on any atom is 0.136 e. The minimum absolute atomic E-state index is 0.899. The summed E-state index contributed by atoms with van der Waals surface area (Å²) >= 11 is 1.86. The smallest absolute Gasteiger partial charge is 0.136 e. The fraction of sp³-hybridized carbons (Fsp3) is 0. The van der Waals surface area contributed by atoms with E-state index in [4.69, 9.17) is 4.42 Å². The summed E-state index contributed by atoms with van der Waals surface area (Å²) in [7, 11) is 0. The fourth-order valence-electron chi connectivity index (χ4n) is 9.16. The van der Waals surface area contributed by atoms with Crippen LogP contribution in [-0.2, 0) is 0 Å². The van der Waals surface area contributed by atoms with Gasteiger partial charge in [-0.25, -0.2) is 0 Å². The normalized spacial score (nSPS) is 11.7. The Morgan fingerprint density at radius 2 is 1.00 bits per heavy atom. The molecule has 276 valence electrons. The van der Waals surface area contributed by atoms with E-state index in [0.717, 1.165) is 55.7 Å². The van der Waals surface area contributed by atoms with E-state index in [9.17, 15) is 0 Å². The van der Waals surface area contributed by atoms with Crippen LogP contribution in [0.15, 0.2) is 217 Å². The topological polar surface area (TPSA) is 16.4 Å². The third kappa shape index (κ3) is 5.47. The van der Waals surface area contributed by atoms with Crippen molar-refractivity contribution in [2.45, 2.75) is 0 Å². The molecule has 2 nitrogen and oxygen atoms in total. The van der Waals surface area contributed by atoms with Crippen molar-refractivity contribution in [3.63, 3.8) is 0 Å². The largest absolute Gasteiger partial charge is 0.456 e. The van der Waals surface area contributed by atoms with Gasteiger partial charge in [0.1, 0.15) is 11.2 Å². The third-order valence-electron chi connectivity index (χ3n) is 11.9. The molecular weight excluding hydrogens is 735 g/mol. The van der Waals surface area contributed by atoms with Crippen LogP contribution >= 0.6 is 11.3 Å². The fourth-order valence-corrected chi connectivity index (χ4v) is 10.4. The number of thiophene rings is 1. The summed E-state index contributed by atoms with van der Waals surface area (Å²) in [6.45, 7) is 0. The highest BCUT2D eigenvalue weighted by Gasteiger charge is 2.23. The van der Waals surface area contributed by atoms with E-state index in [1.807, 2.05) is 23.5 Å². The summed E-state index contributed by atoms with van der Waals surface area (Å²) in [5.74, 6) is 0. The molecule has 0 N–H and O–H groups in total. The molecule has 0 saturated carbocycles. The Bertz CT molecular complexity index is 3560. The van der Waals surface area contributed by atoms with Gasteiger partial charge in [0, 0.05) is 37.5 Å². The van der Waals surface area contributed by atoms with Gasteiger partial charge in [-0.2, -0.15) is 0 Å². The predicted octanol–water partition coefficient (Wildman–Crippen LogP) is 16.7. The van der Waals surface area contributed by atoms with Gasteiger partial charge in [-0.3, -0.25) is 0 Å². The molecule has 0 aliphatic rings. The Balaban J connectivity index is 1.12. The van der Waals surface area contributed by atoms with Gasteiger partial charge in [-0.15, -0.1) is 11.3 Å². The van der Waals surface area contributed by atoms with E-state index >= 15 is 0 Å². The van der Waals surface area contributed by atoms with Crippen LogP contribution in [-0.4, -0.2) is 0 Å². The van der Waals surface area contributed by atoms with Crippen LogP contribution in [0.25, 0.3) is 97.0 Å². The van der Waals surface area contributed by atoms with Crippen molar-refractivity contribution in [2.75, 3.05) is 4.90 Å². The average Bonchev–Trinajstić information content (AvgIpc) is 3.89. The van der Waals surface area contributed by atoms with Crippen LogP contribution in [0.5, 0.6) is 0 Å². The van der Waals surface area contributed by atoms with E-state index in [-0.39, 0.29) is 0 Å². The molecule has 10 aromatic carbocycles. The van der Waals surface area contributed by atoms with Crippen LogP contribution in [0, 0.1) is 0 Å². The van der Waals surface area contributed by atoms with Gasteiger partial charge in [0.25, 0.3) is 0 Å². The molecule has 0 amide bonds. The average molecular weight is 770 g/mol. The SMILES string of the molecule is c1ccc(-c2ccc(-c3cc4ccccc4c4ccccc34)cc2N(c2ccc(-c3cccc4oc5ccccc5c34)cc2)c2cccc3c2sc2ccccc23)cc1. The number of anilines is 3. The van der Waals surface area contributed by atoms with Gasteiger partial charge in [-0.05, 0) is 97.9 Å². The molecule has 0 bridgehead atoms.